The van der Waals surface area contributed by atoms with E-state index < -0.39 is 0 Å². The fourth-order valence-corrected chi connectivity index (χ4v) is 2.30. The van der Waals surface area contributed by atoms with Gasteiger partial charge in [-0.05, 0) is 42.7 Å². The Kier molecular flexibility index (Phi) is 7.50. The third-order valence-electron chi connectivity index (χ3n) is 3.66. The molecule has 2 rings (SSSR count). The lowest BCUT2D eigenvalue weighted by molar-refractivity contribution is -0.120. The Hall–Kier alpha value is -2.82. The number of para-hydroxylation sites is 1. The minimum absolute atomic E-state index is 0.150. The molecule has 5 nitrogen and oxygen atoms in total. The molecule has 0 atom stereocenters. The first-order valence-electron chi connectivity index (χ1n) is 8.40. The average molecular weight is 340 g/mol. The number of aryl methyl sites for hydroxylation is 1. The monoisotopic (exact) mass is 340 g/mol. The highest BCUT2D eigenvalue weighted by Crippen LogP contribution is 2.15. The zero-order valence-corrected chi connectivity index (χ0v) is 14.7. The maximum atomic E-state index is 11.9. The molecule has 0 aromatic heterocycles. The lowest BCUT2D eigenvalue weighted by Crippen LogP contribution is -2.16. The first-order valence-corrected chi connectivity index (χ1v) is 8.40. The second-order valence-corrected chi connectivity index (χ2v) is 5.60. The van der Waals surface area contributed by atoms with E-state index in [-0.39, 0.29) is 12.5 Å². The van der Waals surface area contributed by atoms with Crippen molar-refractivity contribution < 1.29 is 14.4 Å². The van der Waals surface area contributed by atoms with Gasteiger partial charge in [-0.15, -0.1) is 0 Å². The topological polar surface area (TPSA) is 59.9 Å². The van der Waals surface area contributed by atoms with Crippen LogP contribution >= 0.6 is 0 Å². The van der Waals surface area contributed by atoms with Crippen molar-refractivity contribution in [2.24, 2.45) is 5.16 Å². The molecule has 0 fully saturated rings. The van der Waals surface area contributed by atoms with Crippen molar-refractivity contribution in [1.82, 2.24) is 0 Å². The Morgan fingerprint density at radius 1 is 1.16 bits per heavy atom. The van der Waals surface area contributed by atoms with E-state index in [9.17, 15) is 4.79 Å². The van der Waals surface area contributed by atoms with Crippen LogP contribution in [0.3, 0.4) is 0 Å². The Labute approximate surface area is 148 Å². The Balaban J connectivity index is 1.77. The van der Waals surface area contributed by atoms with Crippen LogP contribution in [0.4, 0.5) is 5.69 Å². The SMILES string of the molecule is CCCCc1ccc(NC(=O)CO/N=C\c2ccccc2OC)cc1. The van der Waals surface area contributed by atoms with Gasteiger partial charge in [-0.25, -0.2) is 0 Å². The van der Waals surface area contributed by atoms with E-state index in [0.717, 1.165) is 17.7 Å². The van der Waals surface area contributed by atoms with Gasteiger partial charge in [0.1, 0.15) is 5.75 Å². The highest BCUT2D eigenvalue weighted by Gasteiger charge is 2.03. The number of carbonyl (C=O) groups is 1. The number of nitrogens with zero attached hydrogens (tertiary/aromatic N) is 1. The summed E-state index contributed by atoms with van der Waals surface area (Å²) in [6.07, 6.45) is 4.93. The third kappa shape index (κ3) is 6.30. The summed E-state index contributed by atoms with van der Waals surface area (Å²) in [6.45, 7) is 2.02. The van der Waals surface area contributed by atoms with Crippen molar-refractivity contribution in [2.45, 2.75) is 26.2 Å². The van der Waals surface area contributed by atoms with Gasteiger partial charge in [0.05, 0.1) is 13.3 Å². The second-order valence-electron chi connectivity index (χ2n) is 5.60. The number of oxime groups is 1. The second kappa shape index (κ2) is 10.1. The molecule has 0 aliphatic heterocycles. The molecule has 0 aliphatic rings. The van der Waals surface area contributed by atoms with Gasteiger partial charge >= 0.3 is 0 Å². The summed E-state index contributed by atoms with van der Waals surface area (Å²) in [5.41, 5.74) is 2.81. The number of carbonyl (C=O) groups excluding carboxylic acids is 1. The van der Waals surface area contributed by atoms with Crippen LogP contribution in [0.5, 0.6) is 5.75 Å². The van der Waals surface area contributed by atoms with E-state index in [1.165, 1.54) is 24.6 Å². The van der Waals surface area contributed by atoms with E-state index in [2.05, 4.69) is 17.4 Å². The van der Waals surface area contributed by atoms with Gasteiger partial charge in [0.25, 0.3) is 5.91 Å². The number of benzene rings is 2. The molecule has 0 bridgehead atoms. The van der Waals surface area contributed by atoms with Gasteiger partial charge in [0.15, 0.2) is 6.61 Å². The van der Waals surface area contributed by atoms with Gasteiger partial charge in [0, 0.05) is 11.3 Å². The predicted molar refractivity (Wildman–Crippen MR) is 100 cm³/mol. The number of hydrogen-bond donors (Lipinski definition) is 1. The molecular weight excluding hydrogens is 316 g/mol. The minimum Gasteiger partial charge on any atom is -0.496 e. The predicted octanol–water partition coefficient (Wildman–Crippen LogP) is 4.03. The Morgan fingerprint density at radius 2 is 1.92 bits per heavy atom. The first kappa shape index (κ1) is 18.5. The quantitative estimate of drug-likeness (QED) is 0.554. The molecule has 0 radical (unpaired) electrons. The molecule has 1 amide bonds. The van der Waals surface area contributed by atoms with Crippen LogP contribution in [0.2, 0.25) is 0 Å². The van der Waals surface area contributed by atoms with Gasteiger partial charge in [-0.3, -0.25) is 4.79 Å². The van der Waals surface area contributed by atoms with Crippen molar-refractivity contribution in [3.05, 3.63) is 59.7 Å². The molecule has 0 unspecified atom stereocenters. The van der Waals surface area contributed by atoms with E-state index in [4.69, 9.17) is 9.57 Å². The minimum atomic E-state index is -0.251. The standard InChI is InChI=1S/C20H24N2O3/c1-3-4-7-16-10-12-18(13-11-16)22-20(23)15-25-21-14-17-8-5-6-9-19(17)24-2/h5-6,8-14H,3-4,7,15H2,1-2H3,(H,22,23)/b21-14-. The fraction of sp³-hybridized carbons (Fsp3) is 0.300. The number of amides is 1. The molecule has 0 saturated carbocycles. The van der Waals surface area contributed by atoms with Crippen LogP contribution in [0, 0.1) is 0 Å². The molecule has 2 aromatic carbocycles. The molecule has 25 heavy (non-hydrogen) atoms. The molecule has 0 spiro atoms. The number of anilines is 1. The third-order valence-corrected chi connectivity index (χ3v) is 3.66. The average Bonchev–Trinajstić information content (AvgIpc) is 2.65. The maximum absolute atomic E-state index is 11.9. The van der Waals surface area contributed by atoms with Gasteiger partial charge in [-0.2, -0.15) is 0 Å². The molecule has 1 N–H and O–H groups in total. The van der Waals surface area contributed by atoms with Crippen LogP contribution in [-0.2, 0) is 16.1 Å². The van der Waals surface area contributed by atoms with Crippen LogP contribution in [0.1, 0.15) is 30.9 Å². The van der Waals surface area contributed by atoms with Crippen molar-refractivity contribution >= 4 is 17.8 Å². The van der Waals surface area contributed by atoms with E-state index >= 15 is 0 Å². The molecular formula is C20H24N2O3. The largest absolute Gasteiger partial charge is 0.496 e. The highest BCUT2D eigenvalue weighted by atomic mass is 16.6. The van der Waals surface area contributed by atoms with Crippen molar-refractivity contribution in [3.63, 3.8) is 0 Å². The Bertz CT molecular complexity index is 696. The molecule has 0 heterocycles. The summed E-state index contributed by atoms with van der Waals surface area (Å²) in [4.78, 5) is 16.9. The van der Waals surface area contributed by atoms with Gasteiger partial charge < -0.3 is 14.9 Å². The van der Waals surface area contributed by atoms with E-state index in [1.54, 1.807) is 7.11 Å². The number of nitrogens with one attached hydrogen (secondary N) is 1. The van der Waals surface area contributed by atoms with Crippen LogP contribution in [0.15, 0.2) is 53.7 Å². The van der Waals surface area contributed by atoms with Crippen LogP contribution in [-0.4, -0.2) is 25.8 Å². The first-order chi connectivity index (χ1) is 12.2. The lowest BCUT2D eigenvalue weighted by atomic mass is 10.1. The van der Waals surface area contributed by atoms with E-state index in [0.29, 0.717) is 5.75 Å². The van der Waals surface area contributed by atoms with Crippen LogP contribution in [0.25, 0.3) is 0 Å². The van der Waals surface area contributed by atoms with Crippen LogP contribution < -0.4 is 10.1 Å². The number of ether oxygens (including phenoxy) is 1. The summed E-state index contributed by atoms with van der Waals surface area (Å²) in [5, 5.41) is 6.60. The van der Waals surface area contributed by atoms with E-state index in [1.807, 2.05) is 48.5 Å². The summed E-state index contributed by atoms with van der Waals surface area (Å²) >= 11 is 0. The zero-order chi connectivity index (χ0) is 17.9. The number of rotatable bonds is 9. The van der Waals surface area contributed by atoms with Gasteiger partial charge in [0.2, 0.25) is 0 Å². The van der Waals surface area contributed by atoms with Crippen molar-refractivity contribution in [3.8, 4) is 5.75 Å². The fourth-order valence-electron chi connectivity index (χ4n) is 2.30. The zero-order valence-electron chi connectivity index (χ0n) is 14.7. The highest BCUT2D eigenvalue weighted by molar-refractivity contribution is 5.91. The lowest BCUT2D eigenvalue weighted by Gasteiger charge is -2.06. The number of methoxy groups -OCH3 is 1. The summed E-state index contributed by atoms with van der Waals surface area (Å²) in [6, 6.07) is 15.3. The summed E-state index contributed by atoms with van der Waals surface area (Å²) in [5.74, 6) is 0.445. The summed E-state index contributed by atoms with van der Waals surface area (Å²) in [7, 11) is 1.59. The van der Waals surface area contributed by atoms with Gasteiger partial charge in [-0.1, -0.05) is 42.8 Å². The molecule has 0 aliphatic carbocycles. The molecule has 0 saturated heterocycles. The number of hydrogen-bond acceptors (Lipinski definition) is 4. The van der Waals surface area contributed by atoms with Crippen molar-refractivity contribution in [2.75, 3.05) is 19.0 Å². The summed E-state index contributed by atoms with van der Waals surface area (Å²) < 4.78 is 5.21. The maximum Gasteiger partial charge on any atom is 0.265 e. The molecule has 5 heteroatoms. The molecule has 2 aromatic rings. The smallest absolute Gasteiger partial charge is 0.265 e. The van der Waals surface area contributed by atoms with Crippen molar-refractivity contribution in [1.29, 1.82) is 0 Å². The normalized spacial score (nSPS) is 10.6. The number of unbranched alkanes of at least 4 members (excludes halogenated alkanes) is 1. The Morgan fingerprint density at radius 3 is 2.64 bits per heavy atom. The molecule has 132 valence electrons.